The Balaban J connectivity index is 1.93. The van der Waals surface area contributed by atoms with Crippen molar-refractivity contribution in [2.24, 2.45) is 5.92 Å². The molecule has 1 aromatic rings. The molecule has 1 aliphatic rings. The second-order valence-electron chi connectivity index (χ2n) is 5.70. The van der Waals surface area contributed by atoms with E-state index in [-0.39, 0.29) is 5.92 Å². The molecule has 0 saturated carbocycles. The molecule has 0 amide bonds. The third kappa shape index (κ3) is 6.05. The summed E-state index contributed by atoms with van der Waals surface area (Å²) in [7, 11) is 0. The van der Waals surface area contributed by atoms with E-state index in [1.54, 1.807) is 0 Å². The predicted octanol–water partition coefficient (Wildman–Crippen LogP) is 5.29. The largest absolute Gasteiger partial charge is 0.527 e. The quantitative estimate of drug-likeness (QED) is 0.506. The van der Waals surface area contributed by atoms with Crippen LogP contribution in [0.1, 0.15) is 37.2 Å². The van der Waals surface area contributed by atoms with E-state index in [0.717, 1.165) is 25.0 Å². The van der Waals surface area contributed by atoms with Gasteiger partial charge in [-0.3, -0.25) is 0 Å². The van der Waals surface area contributed by atoms with Crippen molar-refractivity contribution in [2.45, 2.75) is 38.5 Å². The van der Waals surface area contributed by atoms with Gasteiger partial charge in [-0.1, -0.05) is 24.3 Å². The summed E-state index contributed by atoms with van der Waals surface area (Å²) in [5, 5.41) is 0. The van der Waals surface area contributed by atoms with E-state index in [1.807, 2.05) is 19.1 Å². The average molecular weight is 366 g/mol. The summed E-state index contributed by atoms with van der Waals surface area (Å²) < 4.78 is 76.8. The lowest BCUT2D eigenvalue weighted by molar-refractivity contribution is -0.431. The minimum atomic E-state index is -5.43. The molecule has 0 radical (unpaired) electrons. The normalized spacial score (nSPS) is 22.5. The van der Waals surface area contributed by atoms with Crippen molar-refractivity contribution in [3.05, 3.63) is 47.5 Å². The highest BCUT2D eigenvalue weighted by Crippen LogP contribution is 2.37. The van der Waals surface area contributed by atoms with Gasteiger partial charge in [0, 0.05) is 11.5 Å². The van der Waals surface area contributed by atoms with Crippen LogP contribution in [0.3, 0.4) is 0 Å². The van der Waals surface area contributed by atoms with Gasteiger partial charge in [0.05, 0.1) is 18.8 Å². The van der Waals surface area contributed by atoms with E-state index in [2.05, 4.69) is 4.74 Å². The zero-order valence-corrected chi connectivity index (χ0v) is 13.6. The second-order valence-corrected chi connectivity index (χ2v) is 5.70. The number of allylic oxidation sites excluding steroid dienone is 2. The molecule has 8 heteroatoms. The zero-order chi connectivity index (χ0) is 18.5. The molecule has 0 bridgehead atoms. The van der Waals surface area contributed by atoms with Crippen LogP contribution in [-0.4, -0.2) is 19.6 Å². The number of rotatable bonds is 6. The van der Waals surface area contributed by atoms with Gasteiger partial charge >= 0.3 is 12.5 Å². The van der Waals surface area contributed by atoms with Crippen LogP contribution in [0.4, 0.5) is 22.0 Å². The highest BCUT2D eigenvalue weighted by molar-refractivity contribution is 5.25. The van der Waals surface area contributed by atoms with Crippen molar-refractivity contribution in [3.8, 4) is 0 Å². The Labute approximate surface area is 142 Å². The lowest BCUT2D eigenvalue weighted by Crippen LogP contribution is -2.28. The van der Waals surface area contributed by atoms with Gasteiger partial charge < -0.3 is 9.47 Å². The van der Waals surface area contributed by atoms with Gasteiger partial charge in [0.2, 0.25) is 0 Å². The predicted molar refractivity (Wildman–Crippen MR) is 79.7 cm³/mol. The van der Waals surface area contributed by atoms with E-state index in [9.17, 15) is 22.0 Å². The molecule has 1 heterocycles. The molecular weight excluding hydrogens is 347 g/mol. The SMILES string of the molecule is C/C=C/CCC1COC(c2ccc(C(F)(F)OC(F)(F)F)cc2)OC1. The van der Waals surface area contributed by atoms with Gasteiger partial charge in [-0.15, -0.1) is 13.2 Å². The molecular formula is C17H19F5O3. The fraction of sp³-hybridized carbons (Fsp3) is 0.529. The van der Waals surface area contributed by atoms with Crippen molar-refractivity contribution in [1.82, 2.24) is 0 Å². The van der Waals surface area contributed by atoms with Crippen LogP contribution in [0.25, 0.3) is 0 Å². The number of hydrogen-bond acceptors (Lipinski definition) is 3. The molecule has 1 aromatic carbocycles. The summed E-state index contributed by atoms with van der Waals surface area (Å²) in [4.78, 5) is 0. The lowest BCUT2D eigenvalue weighted by atomic mass is 10.0. The standard InChI is InChI=1S/C17H19F5O3/c1-2-3-4-5-12-10-23-15(24-11-12)13-6-8-14(9-7-13)16(18,19)25-17(20,21)22/h2-3,6-9,12,15H,4-5,10-11H2,1H3/b3-2+. The number of benzene rings is 1. The topological polar surface area (TPSA) is 27.7 Å². The monoisotopic (exact) mass is 366 g/mol. The third-order valence-corrected chi connectivity index (χ3v) is 3.71. The van der Waals surface area contributed by atoms with Crippen LogP contribution in [0.15, 0.2) is 36.4 Å². The van der Waals surface area contributed by atoms with Crippen molar-refractivity contribution >= 4 is 0 Å². The van der Waals surface area contributed by atoms with E-state index >= 15 is 0 Å². The van der Waals surface area contributed by atoms with Crippen molar-refractivity contribution in [3.63, 3.8) is 0 Å². The minimum absolute atomic E-state index is 0.247. The summed E-state index contributed by atoms with van der Waals surface area (Å²) in [5.41, 5.74) is -0.438. The molecule has 0 spiro atoms. The minimum Gasteiger partial charge on any atom is -0.348 e. The molecule has 140 valence electrons. The van der Waals surface area contributed by atoms with Crippen LogP contribution in [0.5, 0.6) is 0 Å². The number of alkyl halides is 5. The molecule has 1 fully saturated rings. The highest BCUT2D eigenvalue weighted by Gasteiger charge is 2.46. The maximum atomic E-state index is 13.4. The first-order valence-corrected chi connectivity index (χ1v) is 7.81. The van der Waals surface area contributed by atoms with Gasteiger partial charge in [-0.2, -0.15) is 8.78 Å². The molecule has 0 atom stereocenters. The molecule has 3 nitrogen and oxygen atoms in total. The molecule has 1 aliphatic heterocycles. The molecule has 25 heavy (non-hydrogen) atoms. The maximum absolute atomic E-state index is 13.4. The summed E-state index contributed by atoms with van der Waals surface area (Å²) in [6, 6.07) is 4.22. The zero-order valence-electron chi connectivity index (χ0n) is 13.6. The van der Waals surface area contributed by atoms with Gasteiger partial charge in [0.1, 0.15) is 0 Å². The molecule has 0 aromatic heterocycles. The van der Waals surface area contributed by atoms with Crippen LogP contribution in [-0.2, 0) is 20.3 Å². The first kappa shape index (κ1) is 19.8. The lowest BCUT2D eigenvalue weighted by Gasteiger charge is -2.29. The van der Waals surface area contributed by atoms with Crippen LogP contribution in [0, 0.1) is 5.92 Å². The van der Waals surface area contributed by atoms with Gasteiger partial charge in [-0.05, 0) is 31.9 Å². The Kier molecular flexibility index (Phi) is 6.53. The first-order valence-electron chi connectivity index (χ1n) is 7.81. The first-order chi connectivity index (χ1) is 11.7. The molecule has 0 N–H and O–H groups in total. The fourth-order valence-electron chi connectivity index (χ4n) is 2.44. The highest BCUT2D eigenvalue weighted by atomic mass is 19.4. The Morgan fingerprint density at radius 2 is 1.68 bits per heavy atom. The molecule has 1 saturated heterocycles. The molecule has 0 aliphatic carbocycles. The number of ether oxygens (including phenoxy) is 3. The van der Waals surface area contributed by atoms with Crippen molar-refractivity contribution in [2.75, 3.05) is 13.2 Å². The van der Waals surface area contributed by atoms with Crippen molar-refractivity contribution < 1.29 is 36.2 Å². The number of halogens is 5. The van der Waals surface area contributed by atoms with Gasteiger partial charge in [-0.25, -0.2) is 4.74 Å². The van der Waals surface area contributed by atoms with Crippen LogP contribution >= 0.6 is 0 Å². The second kappa shape index (κ2) is 8.25. The smallest absolute Gasteiger partial charge is 0.348 e. The molecule has 2 rings (SSSR count). The Morgan fingerprint density at radius 3 is 2.20 bits per heavy atom. The summed E-state index contributed by atoms with van der Waals surface area (Å²) in [6.45, 7) is 2.88. The van der Waals surface area contributed by atoms with Crippen molar-refractivity contribution in [1.29, 1.82) is 0 Å². The fourth-order valence-corrected chi connectivity index (χ4v) is 2.44. The van der Waals surface area contributed by atoms with Gasteiger partial charge in [0.25, 0.3) is 0 Å². The Bertz CT molecular complexity index is 561. The van der Waals surface area contributed by atoms with Gasteiger partial charge in [0.15, 0.2) is 6.29 Å². The van der Waals surface area contributed by atoms with E-state index in [1.165, 1.54) is 12.1 Å². The van der Waals surface area contributed by atoms with E-state index in [0.29, 0.717) is 18.8 Å². The summed E-state index contributed by atoms with van der Waals surface area (Å²) in [5.74, 6) is 0.247. The average Bonchev–Trinajstić information content (AvgIpc) is 2.54. The van der Waals surface area contributed by atoms with E-state index < -0.39 is 24.3 Å². The Morgan fingerprint density at radius 1 is 1.08 bits per heavy atom. The summed E-state index contributed by atoms with van der Waals surface area (Å²) in [6.07, 6.45) is -4.76. The number of hydrogen-bond donors (Lipinski definition) is 0. The third-order valence-electron chi connectivity index (χ3n) is 3.71. The summed E-state index contributed by atoms with van der Waals surface area (Å²) >= 11 is 0. The van der Waals surface area contributed by atoms with Crippen LogP contribution in [0.2, 0.25) is 0 Å². The van der Waals surface area contributed by atoms with Crippen LogP contribution < -0.4 is 0 Å². The Hall–Kier alpha value is -1.51. The molecule has 0 unspecified atom stereocenters. The maximum Gasteiger partial charge on any atom is 0.527 e. The van der Waals surface area contributed by atoms with E-state index in [4.69, 9.17) is 9.47 Å².